The lowest BCUT2D eigenvalue weighted by atomic mass is 9.99. The van der Waals surface area contributed by atoms with Gasteiger partial charge in [-0.05, 0) is 25.7 Å². The number of rotatable bonds is 4. The van der Waals surface area contributed by atoms with Crippen molar-refractivity contribution in [1.29, 1.82) is 0 Å². The maximum atomic E-state index is 12.5. The third-order valence-corrected chi connectivity index (χ3v) is 5.02. The predicted molar refractivity (Wildman–Crippen MR) is 90.4 cm³/mol. The molecule has 2 fully saturated rings. The molecule has 0 saturated carbocycles. The minimum absolute atomic E-state index is 0.000817. The molecule has 7 heteroatoms. The van der Waals surface area contributed by atoms with Gasteiger partial charge in [0.05, 0.1) is 6.20 Å². The zero-order valence-electron chi connectivity index (χ0n) is 14.1. The van der Waals surface area contributed by atoms with Crippen LogP contribution in [0.5, 0.6) is 0 Å². The van der Waals surface area contributed by atoms with E-state index in [-0.39, 0.29) is 23.9 Å². The van der Waals surface area contributed by atoms with Crippen LogP contribution in [0.15, 0.2) is 18.6 Å². The largest absolute Gasteiger partial charge is 0.355 e. The Kier molecular flexibility index (Phi) is 5.27. The standard InChI is InChI=1S/C17H25N5O2/c1-21(17(24)11-13-3-2-4-16(23)20-13)14-5-9-22(10-6-14)15-12-18-7-8-19-15/h7-8,12-14H,2-6,9-11H2,1H3,(H,20,23). The minimum atomic E-state index is 0.000817. The second kappa shape index (κ2) is 7.59. The lowest BCUT2D eigenvalue weighted by molar-refractivity contribution is -0.133. The fraction of sp³-hybridized carbons (Fsp3) is 0.647. The van der Waals surface area contributed by atoms with E-state index in [0.29, 0.717) is 12.8 Å². The van der Waals surface area contributed by atoms with Crippen LogP contribution in [0.25, 0.3) is 0 Å². The van der Waals surface area contributed by atoms with Gasteiger partial charge < -0.3 is 15.1 Å². The number of nitrogens with one attached hydrogen (secondary N) is 1. The predicted octanol–water partition coefficient (Wildman–Crippen LogP) is 0.963. The average molecular weight is 331 g/mol. The van der Waals surface area contributed by atoms with E-state index in [1.807, 2.05) is 11.9 Å². The lowest BCUT2D eigenvalue weighted by Gasteiger charge is -2.37. The van der Waals surface area contributed by atoms with Crippen LogP contribution in [0, 0.1) is 0 Å². The van der Waals surface area contributed by atoms with Gasteiger partial charge >= 0.3 is 0 Å². The van der Waals surface area contributed by atoms with Crippen molar-refractivity contribution in [2.75, 3.05) is 25.0 Å². The van der Waals surface area contributed by atoms with Crippen molar-refractivity contribution in [2.24, 2.45) is 0 Å². The first-order valence-corrected chi connectivity index (χ1v) is 8.69. The number of hydrogen-bond acceptors (Lipinski definition) is 5. The lowest BCUT2D eigenvalue weighted by Crippen LogP contribution is -2.48. The van der Waals surface area contributed by atoms with Crippen LogP contribution in [-0.2, 0) is 9.59 Å². The van der Waals surface area contributed by atoms with Gasteiger partial charge in [-0.2, -0.15) is 0 Å². The summed E-state index contributed by atoms with van der Waals surface area (Å²) in [5.74, 6) is 1.09. The average Bonchev–Trinajstić information content (AvgIpc) is 2.62. The molecule has 1 unspecified atom stereocenters. The van der Waals surface area contributed by atoms with E-state index in [1.54, 1.807) is 18.6 Å². The number of anilines is 1. The first-order chi connectivity index (χ1) is 11.6. The van der Waals surface area contributed by atoms with E-state index >= 15 is 0 Å². The number of carbonyl (C=O) groups is 2. The summed E-state index contributed by atoms with van der Waals surface area (Å²) in [6.07, 6.45) is 9.78. The van der Waals surface area contributed by atoms with Gasteiger partial charge in [0.1, 0.15) is 5.82 Å². The summed E-state index contributed by atoms with van der Waals surface area (Å²) in [6, 6.07) is 0.255. The summed E-state index contributed by atoms with van der Waals surface area (Å²) >= 11 is 0. The highest BCUT2D eigenvalue weighted by Gasteiger charge is 2.28. The fourth-order valence-electron chi connectivity index (χ4n) is 3.53. The van der Waals surface area contributed by atoms with Crippen molar-refractivity contribution in [1.82, 2.24) is 20.2 Å². The number of nitrogens with zero attached hydrogens (tertiary/aromatic N) is 4. The molecule has 0 bridgehead atoms. The van der Waals surface area contributed by atoms with E-state index in [9.17, 15) is 9.59 Å². The molecule has 3 heterocycles. The molecule has 2 aliphatic rings. The molecular weight excluding hydrogens is 306 g/mol. The fourth-order valence-corrected chi connectivity index (χ4v) is 3.53. The highest BCUT2D eigenvalue weighted by molar-refractivity contribution is 5.80. The molecule has 2 saturated heterocycles. The molecule has 0 aromatic carbocycles. The molecular formula is C17H25N5O2. The molecule has 1 atom stereocenters. The molecule has 24 heavy (non-hydrogen) atoms. The van der Waals surface area contributed by atoms with Crippen molar-refractivity contribution >= 4 is 17.6 Å². The summed E-state index contributed by atoms with van der Waals surface area (Å²) in [5.41, 5.74) is 0. The molecule has 2 amide bonds. The Bertz CT molecular complexity index is 572. The van der Waals surface area contributed by atoms with Crippen LogP contribution in [0.3, 0.4) is 0 Å². The van der Waals surface area contributed by atoms with Crippen LogP contribution in [0.4, 0.5) is 5.82 Å². The Morgan fingerprint density at radius 2 is 2.12 bits per heavy atom. The number of carbonyl (C=O) groups excluding carboxylic acids is 2. The third-order valence-electron chi connectivity index (χ3n) is 5.02. The molecule has 1 aromatic rings. The second-order valence-corrected chi connectivity index (χ2v) is 6.65. The zero-order valence-corrected chi connectivity index (χ0v) is 14.1. The number of piperidine rings is 2. The van der Waals surface area contributed by atoms with Gasteiger partial charge in [-0.1, -0.05) is 0 Å². The molecule has 1 N–H and O–H groups in total. The van der Waals surface area contributed by atoms with Crippen molar-refractivity contribution in [3.05, 3.63) is 18.6 Å². The van der Waals surface area contributed by atoms with E-state index < -0.39 is 0 Å². The van der Waals surface area contributed by atoms with Gasteiger partial charge in [-0.3, -0.25) is 14.6 Å². The molecule has 2 aliphatic heterocycles. The first kappa shape index (κ1) is 16.7. The van der Waals surface area contributed by atoms with Crippen molar-refractivity contribution in [3.8, 4) is 0 Å². The van der Waals surface area contributed by atoms with Gasteiger partial charge in [0, 0.05) is 57.5 Å². The van der Waals surface area contributed by atoms with Gasteiger partial charge in [0.25, 0.3) is 0 Å². The topological polar surface area (TPSA) is 78.4 Å². The third kappa shape index (κ3) is 4.01. The quantitative estimate of drug-likeness (QED) is 0.889. The van der Waals surface area contributed by atoms with E-state index in [4.69, 9.17) is 0 Å². The Balaban J connectivity index is 1.48. The molecule has 0 spiro atoms. The monoisotopic (exact) mass is 331 g/mol. The maximum Gasteiger partial charge on any atom is 0.224 e. The highest BCUT2D eigenvalue weighted by atomic mass is 16.2. The van der Waals surface area contributed by atoms with E-state index in [0.717, 1.165) is 44.6 Å². The SMILES string of the molecule is CN(C(=O)CC1CCCC(=O)N1)C1CCN(c2cnccn2)CC1. The first-order valence-electron chi connectivity index (χ1n) is 8.69. The van der Waals surface area contributed by atoms with Crippen LogP contribution in [-0.4, -0.2) is 58.9 Å². The van der Waals surface area contributed by atoms with Crippen LogP contribution in [0.2, 0.25) is 0 Å². The zero-order chi connectivity index (χ0) is 16.9. The highest BCUT2D eigenvalue weighted by Crippen LogP contribution is 2.21. The number of amides is 2. The normalized spacial score (nSPS) is 22.1. The summed E-state index contributed by atoms with van der Waals surface area (Å²) in [6.45, 7) is 1.75. The summed E-state index contributed by atoms with van der Waals surface area (Å²) < 4.78 is 0. The van der Waals surface area contributed by atoms with E-state index in [1.165, 1.54) is 0 Å². The molecule has 7 nitrogen and oxygen atoms in total. The number of aromatic nitrogens is 2. The van der Waals surface area contributed by atoms with Gasteiger partial charge in [-0.25, -0.2) is 4.98 Å². The van der Waals surface area contributed by atoms with Crippen LogP contribution < -0.4 is 10.2 Å². The minimum Gasteiger partial charge on any atom is -0.355 e. The smallest absolute Gasteiger partial charge is 0.224 e. The van der Waals surface area contributed by atoms with Gasteiger partial charge in [0.15, 0.2) is 0 Å². The van der Waals surface area contributed by atoms with E-state index in [2.05, 4.69) is 20.2 Å². The van der Waals surface area contributed by atoms with Gasteiger partial charge in [-0.15, -0.1) is 0 Å². The molecule has 130 valence electrons. The summed E-state index contributed by atoms with van der Waals surface area (Å²) in [5, 5.41) is 2.92. The Morgan fingerprint density at radius 1 is 1.33 bits per heavy atom. The molecule has 0 aliphatic carbocycles. The van der Waals surface area contributed by atoms with Crippen molar-refractivity contribution in [3.63, 3.8) is 0 Å². The second-order valence-electron chi connectivity index (χ2n) is 6.65. The van der Waals surface area contributed by atoms with Crippen LogP contribution in [0.1, 0.15) is 38.5 Å². The molecule has 1 aromatic heterocycles. The molecule has 3 rings (SSSR count). The Hall–Kier alpha value is -2.18. The van der Waals surface area contributed by atoms with Crippen molar-refractivity contribution < 1.29 is 9.59 Å². The van der Waals surface area contributed by atoms with Gasteiger partial charge in [0.2, 0.25) is 11.8 Å². The molecule has 0 radical (unpaired) electrons. The Labute approximate surface area is 142 Å². The maximum absolute atomic E-state index is 12.5. The van der Waals surface area contributed by atoms with Crippen LogP contribution >= 0.6 is 0 Å². The number of hydrogen-bond donors (Lipinski definition) is 1. The summed E-state index contributed by atoms with van der Waals surface area (Å²) in [7, 11) is 1.88. The van der Waals surface area contributed by atoms with Crippen molar-refractivity contribution in [2.45, 2.75) is 50.6 Å². The summed E-state index contributed by atoms with van der Waals surface area (Å²) in [4.78, 5) is 36.5. The Morgan fingerprint density at radius 3 is 2.79 bits per heavy atom.